The molecule has 2 aliphatic rings. The summed E-state index contributed by atoms with van der Waals surface area (Å²) >= 11 is 0. The highest BCUT2D eigenvalue weighted by molar-refractivity contribution is 5.96. The smallest absolute Gasteiger partial charge is 0.132 e. The van der Waals surface area contributed by atoms with E-state index in [0.29, 0.717) is 6.10 Å². The van der Waals surface area contributed by atoms with Gasteiger partial charge in [0.25, 0.3) is 0 Å². The van der Waals surface area contributed by atoms with E-state index in [2.05, 4.69) is 78.9 Å². The van der Waals surface area contributed by atoms with Crippen LogP contribution in [0.5, 0.6) is 23.0 Å². The van der Waals surface area contributed by atoms with Crippen LogP contribution in [0.1, 0.15) is 54.7 Å². The quantitative estimate of drug-likeness (QED) is 0.238. The normalized spacial score (nSPS) is 16.5. The van der Waals surface area contributed by atoms with Gasteiger partial charge in [0.05, 0.1) is 6.10 Å². The first-order valence-electron chi connectivity index (χ1n) is 15.0. The number of aromatic hydroxyl groups is 1. The minimum Gasteiger partial charge on any atom is -0.508 e. The second-order valence-electron chi connectivity index (χ2n) is 11.6. The van der Waals surface area contributed by atoms with E-state index in [1.165, 1.54) is 41.3 Å². The third kappa shape index (κ3) is 4.37. The lowest BCUT2D eigenvalue weighted by atomic mass is 9.78. The highest BCUT2D eigenvalue weighted by Gasteiger charge is 2.32. The zero-order chi connectivity index (χ0) is 28.0. The van der Waals surface area contributed by atoms with Crippen LogP contribution in [0.4, 0.5) is 0 Å². The Morgan fingerprint density at radius 2 is 1.24 bits per heavy atom. The fourth-order valence-corrected chi connectivity index (χ4v) is 6.95. The molecule has 6 aromatic rings. The first-order chi connectivity index (χ1) is 20.7. The van der Waals surface area contributed by atoms with E-state index in [-0.39, 0.29) is 11.7 Å². The lowest BCUT2D eigenvalue weighted by Gasteiger charge is -2.31. The first kappa shape index (κ1) is 25.0. The molecule has 1 unspecified atom stereocenters. The molecule has 206 valence electrons. The van der Waals surface area contributed by atoms with E-state index in [1.807, 2.05) is 30.3 Å². The van der Waals surface area contributed by atoms with Crippen LogP contribution in [0.3, 0.4) is 0 Å². The molecular weight excluding hydrogens is 516 g/mol. The molecule has 1 fully saturated rings. The average molecular weight is 549 g/mol. The summed E-state index contributed by atoms with van der Waals surface area (Å²) < 4.78 is 13.1. The molecular formula is C39H32O3. The number of ether oxygens (including phenoxy) is 2. The van der Waals surface area contributed by atoms with E-state index in [1.54, 1.807) is 6.07 Å². The van der Waals surface area contributed by atoms with Crippen molar-refractivity contribution in [3.63, 3.8) is 0 Å². The van der Waals surface area contributed by atoms with Crippen molar-refractivity contribution in [3.8, 4) is 34.1 Å². The first-order valence-corrected chi connectivity index (χ1v) is 15.0. The monoisotopic (exact) mass is 548 g/mol. The molecule has 1 N–H and O–H groups in total. The van der Waals surface area contributed by atoms with Gasteiger partial charge >= 0.3 is 0 Å². The van der Waals surface area contributed by atoms with Crippen LogP contribution < -0.4 is 9.47 Å². The number of hydrogen-bond acceptors (Lipinski definition) is 3. The molecule has 0 amide bonds. The Morgan fingerprint density at radius 3 is 1.95 bits per heavy atom. The Hall–Kier alpha value is -4.76. The minimum absolute atomic E-state index is 0.0457. The second kappa shape index (κ2) is 10.3. The number of rotatable bonds is 4. The summed E-state index contributed by atoms with van der Waals surface area (Å²) in [4.78, 5) is 0. The molecule has 42 heavy (non-hydrogen) atoms. The summed E-state index contributed by atoms with van der Waals surface area (Å²) in [6.45, 7) is 0. The van der Waals surface area contributed by atoms with Crippen molar-refractivity contribution in [3.05, 3.63) is 132 Å². The highest BCUT2D eigenvalue weighted by atomic mass is 16.5. The Balaban J connectivity index is 1.30. The van der Waals surface area contributed by atoms with Crippen molar-refractivity contribution in [1.82, 2.24) is 0 Å². The van der Waals surface area contributed by atoms with E-state index in [0.717, 1.165) is 57.4 Å². The SMILES string of the molecule is Oc1ccc2c3c(ccc2c1)Oc1ccc2cc(OC4CCCCC4)ccc2c1C3c1ccc(-c2ccccc2)cc1. The molecule has 1 heterocycles. The third-order valence-electron chi connectivity index (χ3n) is 9.00. The van der Waals surface area contributed by atoms with Gasteiger partial charge in [0.1, 0.15) is 23.0 Å². The molecule has 8 rings (SSSR count). The van der Waals surface area contributed by atoms with Crippen molar-refractivity contribution < 1.29 is 14.6 Å². The molecule has 1 aliphatic heterocycles. The van der Waals surface area contributed by atoms with E-state index in [9.17, 15) is 5.11 Å². The summed E-state index contributed by atoms with van der Waals surface area (Å²) in [6.07, 6.45) is 6.39. The van der Waals surface area contributed by atoms with E-state index >= 15 is 0 Å². The molecule has 0 bridgehead atoms. The topological polar surface area (TPSA) is 38.7 Å². The van der Waals surface area contributed by atoms with Gasteiger partial charge in [0, 0.05) is 17.0 Å². The molecule has 6 aromatic carbocycles. The Bertz CT molecular complexity index is 1920. The molecule has 1 aliphatic carbocycles. The summed E-state index contributed by atoms with van der Waals surface area (Å²) in [5.74, 6) is 2.90. The van der Waals surface area contributed by atoms with Crippen LogP contribution >= 0.6 is 0 Å². The molecule has 1 saturated carbocycles. The molecule has 3 nitrogen and oxygen atoms in total. The van der Waals surface area contributed by atoms with Crippen LogP contribution in [0.2, 0.25) is 0 Å². The lowest BCUT2D eigenvalue weighted by molar-refractivity contribution is 0.155. The molecule has 0 saturated heterocycles. The van der Waals surface area contributed by atoms with Gasteiger partial charge in [0.2, 0.25) is 0 Å². The van der Waals surface area contributed by atoms with Gasteiger partial charge in [-0.25, -0.2) is 0 Å². The van der Waals surface area contributed by atoms with Crippen LogP contribution in [-0.2, 0) is 0 Å². The van der Waals surface area contributed by atoms with Crippen molar-refractivity contribution >= 4 is 21.5 Å². The fraction of sp³-hybridized carbons (Fsp3) is 0.179. The summed E-state index contributed by atoms with van der Waals surface area (Å²) in [5, 5.41) is 14.7. The average Bonchev–Trinajstić information content (AvgIpc) is 3.04. The van der Waals surface area contributed by atoms with Gasteiger partial charge in [-0.05, 0) is 100 Å². The van der Waals surface area contributed by atoms with Gasteiger partial charge in [-0.1, -0.05) is 85.3 Å². The minimum atomic E-state index is -0.0457. The Morgan fingerprint density at radius 1 is 0.595 bits per heavy atom. The molecule has 3 heteroatoms. The molecule has 0 radical (unpaired) electrons. The van der Waals surface area contributed by atoms with E-state index < -0.39 is 0 Å². The Labute approximate surface area is 246 Å². The van der Waals surface area contributed by atoms with Crippen LogP contribution in [-0.4, -0.2) is 11.2 Å². The van der Waals surface area contributed by atoms with Gasteiger partial charge in [-0.3, -0.25) is 0 Å². The van der Waals surface area contributed by atoms with Gasteiger partial charge in [-0.2, -0.15) is 0 Å². The lowest BCUT2D eigenvalue weighted by Crippen LogP contribution is -2.19. The zero-order valence-electron chi connectivity index (χ0n) is 23.4. The van der Waals surface area contributed by atoms with E-state index in [4.69, 9.17) is 9.47 Å². The standard InChI is InChI=1S/C39H32O3/c40-30-17-19-33-28(23-30)15-21-35-38(33)37(27-13-11-26(12-14-27)25-7-3-1-4-8-25)39-34-20-18-32(41-31-9-5-2-6-10-31)24-29(34)16-22-36(39)42-35/h1,3-4,7-8,11-24,31,37,40H,2,5-6,9-10H2. The predicted octanol–water partition coefficient (Wildman–Crippen LogP) is 10.4. The number of phenols is 1. The van der Waals surface area contributed by atoms with Gasteiger partial charge in [0.15, 0.2) is 0 Å². The molecule has 1 atom stereocenters. The van der Waals surface area contributed by atoms with Crippen molar-refractivity contribution in [2.75, 3.05) is 0 Å². The number of benzene rings is 6. The summed E-state index contributed by atoms with van der Waals surface area (Å²) in [5.41, 5.74) is 5.89. The third-order valence-corrected chi connectivity index (χ3v) is 9.00. The fourth-order valence-electron chi connectivity index (χ4n) is 6.95. The van der Waals surface area contributed by atoms with Crippen LogP contribution in [0, 0.1) is 0 Å². The van der Waals surface area contributed by atoms with Crippen LogP contribution in [0.15, 0.2) is 115 Å². The van der Waals surface area contributed by atoms with Crippen molar-refractivity contribution in [2.24, 2.45) is 0 Å². The second-order valence-corrected chi connectivity index (χ2v) is 11.6. The predicted molar refractivity (Wildman–Crippen MR) is 170 cm³/mol. The number of fused-ring (bicyclic) bond motifs is 6. The summed E-state index contributed by atoms with van der Waals surface area (Å²) in [6, 6.07) is 39.9. The van der Waals surface area contributed by atoms with Crippen molar-refractivity contribution in [2.45, 2.75) is 44.1 Å². The maximum absolute atomic E-state index is 10.3. The molecule has 0 spiro atoms. The maximum Gasteiger partial charge on any atom is 0.132 e. The highest BCUT2D eigenvalue weighted by Crippen LogP contribution is 2.52. The maximum atomic E-state index is 10.3. The number of hydrogen-bond donors (Lipinski definition) is 1. The van der Waals surface area contributed by atoms with Gasteiger partial charge in [-0.15, -0.1) is 0 Å². The number of phenolic OH excluding ortho intramolecular Hbond substituents is 1. The largest absolute Gasteiger partial charge is 0.508 e. The zero-order valence-corrected chi connectivity index (χ0v) is 23.4. The van der Waals surface area contributed by atoms with Crippen LogP contribution in [0.25, 0.3) is 32.7 Å². The van der Waals surface area contributed by atoms with Gasteiger partial charge < -0.3 is 14.6 Å². The molecule has 0 aromatic heterocycles. The van der Waals surface area contributed by atoms with Crippen molar-refractivity contribution in [1.29, 1.82) is 0 Å². The Kier molecular flexibility index (Phi) is 6.10. The summed E-state index contributed by atoms with van der Waals surface area (Å²) in [7, 11) is 0.